The number of nitrogens with zero attached hydrogens (tertiary/aromatic N) is 1. The van der Waals surface area contributed by atoms with Crippen molar-refractivity contribution in [1.29, 1.82) is 0 Å². The third-order valence-electron chi connectivity index (χ3n) is 4.56. The highest BCUT2D eigenvalue weighted by molar-refractivity contribution is 5.80. The number of hydrogen-bond donors (Lipinski definition) is 1. The van der Waals surface area contributed by atoms with Crippen LogP contribution in [-0.2, 0) is 6.54 Å². The van der Waals surface area contributed by atoms with Crippen LogP contribution in [0.3, 0.4) is 0 Å². The van der Waals surface area contributed by atoms with E-state index < -0.39 is 0 Å². The molecule has 1 aromatic carbocycles. The zero-order valence-electron chi connectivity index (χ0n) is 13.6. The Morgan fingerprint density at radius 3 is 3.00 bits per heavy atom. The molecule has 0 bridgehead atoms. The molecule has 1 saturated heterocycles. The minimum absolute atomic E-state index is 0.0342. The molecule has 4 nitrogen and oxygen atoms in total. The van der Waals surface area contributed by atoms with Crippen LogP contribution in [0, 0.1) is 12.8 Å². The molecule has 0 unspecified atom stereocenters. The summed E-state index contributed by atoms with van der Waals surface area (Å²) in [6.45, 7) is 10.5. The second kappa shape index (κ2) is 6.23. The molecule has 0 saturated carbocycles. The van der Waals surface area contributed by atoms with Crippen LogP contribution in [0.1, 0.15) is 25.0 Å². The van der Waals surface area contributed by atoms with Gasteiger partial charge in [0.2, 0.25) is 0 Å². The number of piperazine rings is 1. The summed E-state index contributed by atoms with van der Waals surface area (Å²) in [4.78, 5) is 14.6. The first-order valence-corrected chi connectivity index (χ1v) is 8.02. The van der Waals surface area contributed by atoms with Crippen LogP contribution in [-0.4, -0.2) is 30.6 Å². The fourth-order valence-electron chi connectivity index (χ4n) is 3.39. The Labute approximate surface area is 131 Å². The van der Waals surface area contributed by atoms with E-state index in [1.807, 2.05) is 13.0 Å². The first-order chi connectivity index (χ1) is 10.6. The Kier molecular flexibility index (Phi) is 4.32. The molecular formula is C18H24N2O2. The van der Waals surface area contributed by atoms with Gasteiger partial charge in [0.05, 0.1) is 11.6 Å². The van der Waals surface area contributed by atoms with Gasteiger partial charge in [0.25, 0.3) is 0 Å². The van der Waals surface area contributed by atoms with Crippen molar-refractivity contribution >= 4 is 11.0 Å². The van der Waals surface area contributed by atoms with E-state index in [2.05, 4.69) is 30.1 Å². The molecule has 2 heterocycles. The summed E-state index contributed by atoms with van der Waals surface area (Å²) < 4.78 is 5.50. The maximum atomic E-state index is 12.1. The Morgan fingerprint density at radius 1 is 1.41 bits per heavy atom. The number of benzene rings is 1. The number of nitrogens with one attached hydrogen (secondary N) is 1. The third kappa shape index (κ3) is 2.94. The van der Waals surface area contributed by atoms with Gasteiger partial charge in [-0.05, 0) is 30.0 Å². The molecular weight excluding hydrogens is 276 g/mol. The summed E-state index contributed by atoms with van der Waals surface area (Å²) >= 11 is 0. The molecule has 1 aliphatic rings. The third-order valence-corrected chi connectivity index (χ3v) is 4.56. The Morgan fingerprint density at radius 2 is 2.23 bits per heavy atom. The van der Waals surface area contributed by atoms with Gasteiger partial charge in [-0.15, -0.1) is 0 Å². The lowest BCUT2D eigenvalue weighted by Crippen LogP contribution is -2.52. The second-order valence-electron chi connectivity index (χ2n) is 6.56. The van der Waals surface area contributed by atoms with E-state index in [4.69, 9.17) is 4.42 Å². The predicted octanol–water partition coefficient (Wildman–Crippen LogP) is 2.53. The summed E-state index contributed by atoms with van der Waals surface area (Å²) in [6.07, 6.45) is 1.47. The smallest absolute Gasteiger partial charge is 0.192 e. The lowest BCUT2D eigenvalue weighted by Gasteiger charge is -2.38. The lowest BCUT2D eigenvalue weighted by atomic mass is 9.99. The molecule has 1 aromatic heterocycles. The quantitative estimate of drug-likeness (QED) is 0.946. The highest BCUT2D eigenvalue weighted by atomic mass is 16.3. The van der Waals surface area contributed by atoms with Gasteiger partial charge in [0, 0.05) is 38.3 Å². The van der Waals surface area contributed by atoms with Gasteiger partial charge < -0.3 is 9.73 Å². The molecule has 2 aromatic rings. The van der Waals surface area contributed by atoms with Gasteiger partial charge in [-0.1, -0.05) is 19.9 Å². The summed E-state index contributed by atoms with van der Waals surface area (Å²) in [6, 6.07) is 6.17. The van der Waals surface area contributed by atoms with Crippen LogP contribution in [0.2, 0.25) is 0 Å². The molecule has 1 N–H and O–H groups in total. The Bertz CT molecular complexity index is 721. The molecule has 0 spiro atoms. The van der Waals surface area contributed by atoms with Gasteiger partial charge in [0.15, 0.2) is 5.43 Å². The van der Waals surface area contributed by atoms with Crippen LogP contribution < -0.4 is 10.7 Å². The molecule has 0 amide bonds. The molecule has 1 fully saturated rings. The van der Waals surface area contributed by atoms with Crippen LogP contribution in [0.4, 0.5) is 0 Å². The van der Waals surface area contributed by atoms with E-state index in [1.165, 1.54) is 17.9 Å². The van der Waals surface area contributed by atoms with Gasteiger partial charge >= 0.3 is 0 Å². The van der Waals surface area contributed by atoms with Crippen molar-refractivity contribution in [3.63, 3.8) is 0 Å². The van der Waals surface area contributed by atoms with Crippen molar-refractivity contribution in [3.05, 3.63) is 45.8 Å². The average molecular weight is 300 g/mol. The normalized spacial score (nSPS) is 19.9. The fourth-order valence-corrected chi connectivity index (χ4v) is 3.39. The zero-order valence-corrected chi connectivity index (χ0v) is 13.6. The lowest BCUT2D eigenvalue weighted by molar-refractivity contribution is 0.117. The largest absolute Gasteiger partial charge is 0.464 e. The van der Waals surface area contributed by atoms with Crippen LogP contribution in [0.5, 0.6) is 0 Å². The van der Waals surface area contributed by atoms with Crippen molar-refractivity contribution in [2.75, 3.05) is 19.6 Å². The average Bonchev–Trinajstić information content (AvgIpc) is 2.49. The second-order valence-corrected chi connectivity index (χ2v) is 6.56. The van der Waals surface area contributed by atoms with E-state index in [1.54, 1.807) is 0 Å². The standard InChI is InChI=1S/C18H24N2O2/c1-12(2)16-10-19-5-6-20(16)11-14-8-13(3)18-15(9-14)17(21)4-7-22-18/h4,7-9,12,16,19H,5-6,10-11H2,1-3H3/t16-/m1/s1. The van der Waals surface area contributed by atoms with Crippen molar-refractivity contribution in [3.8, 4) is 0 Å². The van der Waals surface area contributed by atoms with Crippen LogP contribution in [0.25, 0.3) is 11.0 Å². The Hall–Kier alpha value is -1.65. The van der Waals surface area contributed by atoms with E-state index in [-0.39, 0.29) is 5.43 Å². The Balaban J connectivity index is 1.93. The van der Waals surface area contributed by atoms with Gasteiger partial charge in [-0.25, -0.2) is 0 Å². The van der Waals surface area contributed by atoms with Crippen LogP contribution in [0.15, 0.2) is 33.7 Å². The highest BCUT2D eigenvalue weighted by Gasteiger charge is 2.25. The number of aryl methyl sites for hydroxylation is 1. The van der Waals surface area contributed by atoms with Crippen molar-refractivity contribution in [2.45, 2.75) is 33.4 Å². The van der Waals surface area contributed by atoms with E-state index in [9.17, 15) is 4.79 Å². The topological polar surface area (TPSA) is 45.5 Å². The fraction of sp³-hybridized carbons (Fsp3) is 0.500. The first-order valence-electron chi connectivity index (χ1n) is 8.02. The molecule has 118 valence electrons. The van der Waals surface area contributed by atoms with Crippen molar-refractivity contribution < 1.29 is 4.42 Å². The highest BCUT2D eigenvalue weighted by Crippen LogP contribution is 2.21. The summed E-state index contributed by atoms with van der Waals surface area (Å²) in [7, 11) is 0. The predicted molar refractivity (Wildman–Crippen MR) is 89.1 cm³/mol. The van der Waals surface area contributed by atoms with Gasteiger partial charge in [0.1, 0.15) is 5.58 Å². The molecule has 0 aliphatic carbocycles. The first kappa shape index (κ1) is 15.3. The molecule has 1 aliphatic heterocycles. The molecule has 4 heteroatoms. The summed E-state index contributed by atoms with van der Waals surface area (Å²) in [5, 5.41) is 4.16. The number of rotatable bonds is 3. The zero-order chi connectivity index (χ0) is 15.7. The van der Waals surface area contributed by atoms with Crippen molar-refractivity contribution in [2.24, 2.45) is 5.92 Å². The minimum Gasteiger partial charge on any atom is -0.464 e. The maximum Gasteiger partial charge on any atom is 0.192 e. The number of hydrogen-bond acceptors (Lipinski definition) is 4. The van der Waals surface area contributed by atoms with E-state index >= 15 is 0 Å². The summed E-state index contributed by atoms with van der Waals surface area (Å²) in [5.41, 5.74) is 2.96. The summed E-state index contributed by atoms with van der Waals surface area (Å²) in [5.74, 6) is 0.611. The number of fused-ring (bicyclic) bond motifs is 1. The molecule has 3 rings (SSSR count). The molecule has 0 radical (unpaired) electrons. The minimum atomic E-state index is 0.0342. The SMILES string of the molecule is Cc1cc(CN2CCNC[C@@H]2C(C)C)cc2c(=O)ccoc12. The monoisotopic (exact) mass is 300 g/mol. The van der Waals surface area contributed by atoms with Crippen LogP contribution >= 0.6 is 0 Å². The molecule has 1 atom stereocenters. The molecule has 22 heavy (non-hydrogen) atoms. The maximum absolute atomic E-state index is 12.1. The van der Waals surface area contributed by atoms with Crippen molar-refractivity contribution in [1.82, 2.24) is 10.2 Å². The van der Waals surface area contributed by atoms with Gasteiger partial charge in [-0.3, -0.25) is 9.69 Å². The van der Waals surface area contributed by atoms with E-state index in [0.29, 0.717) is 22.9 Å². The van der Waals surface area contributed by atoms with E-state index in [0.717, 1.165) is 31.7 Å². The van der Waals surface area contributed by atoms with Gasteiger partial charge in [-0.2, -0.15) is 0 Å².